The number of thiazole rings is 1. The highest BCUT2D eigenvalue weighted by molar-refractivity contribution is 7.16. The monoisotopic (exact) mass is 162 g/mol. The molecule has 1 amide bonds. The number of amides is 1. The van der Waals surface area contributed by atoms with Crippen molar-refractivity contribution in [3.05, 3.63) is 11.1 Å². The van der Waals surface area contributed by atoms with E-state index >= 15 is 0 Å². The average molecular weight is 162 g/mol. The summed E-state index contributed by atoms with van der Waals surface area (Å²) in [7, 11) is 4.84. The number of hydrogen-bond donors (Lipinski definition) is 1. The van der Waals surface area contributed by atoms with Gasteiger partial charge in [-0.3, -0.25) is 4.79 Å². The van der Waals surface area contributed by atoms with Crippen molar-refractivity contribution in [3.8, 4) is 12.3 Å². The number of carbonyl (C=O) groups excluding carboxylic acids is 1. The summed E-state index contributed by atoms with van der Waals surface area (Å²) < 4.78 is 0. The number of nitrogens with zero attached hydrogens (tertiary/aromatic N) is 1. The van der Waals surface area contributed by atoms with Crippen LogP contribution in [0.1, 0.15) is 4.88 Å². The minimum Gasteiger partial charge on any atom is -0.312 e. The largest absolute Gasteiger partial charge is 0.312 e. The third-order valence-corrected chi connectivity index (χ3v) is 1.72. The Balaban J connectivity index is 2.75. The van der Waals surface area contributed by atoms with E-state index < -0.39 is 5.81 Å². The molecule has 0 saturated carbocycles. The first-order chi connectivity index (χ1) is 5.22. The number of terminal acetylenes is 1. The second kappa shape index (κ2) is 3.22. The van der Waals surface area contributed by atoms with Gasteiger partial charge in [0.1, 0.15) is 0 Å². The van der Waals surface area contributed by atoms with Crippen LogP contribution in [0.25, 0.3) is 0 Å². The highest BCUT2D eigenvalue weighted by atomic mass is 32.1. The number of nitrogens with one attached hydrogen (secondary N) is 1. The molecule has 0 aliphatic carbocycles. The Labute approximate surface area is 69.2 Å². The molecule has 1 N–H and O–H groups in total. The Morgan fingerprint density at radius 2 is 2.64 bits per heavy atom. The van der Waals surface area contributed by atoms with E-state index in [1.165, 1.54) is 17.5 Å². The molecule has 11 heavy (non-hydrogen) atoms. The number of hydrogen-bond acceptors (Lipinski definition) is 3. The molecule has 0 atom stereocenters. The van der Waals surface area contributed by atoms with Crippen LogP contribution in [0, 0.1) is 12.3 Å². The van der Waals surface area contributed by atoms with Crippen LogP contribution >= 0.6 is 11.3 Å². The van der Waals surface area contributed by atoms with Crippen molar-refractivity contribution in [2.24, 2.45) is 0 Å². The van der Waals surface area contributed by atoms with Gasteiger partial charge in [0.15, 0.2) is 10.9 Å². The standard InChI is InChI=1S/C6H3BN2OS/c1-2-4-3-8-6(11-4)9-5(7)10/h1,3H,(H,8,9,10). The van der Waals surface area contributed by atoms with Crippen molar-refractivity contribution in [2.75, 3.05) is 5.32 Å². The van der Waals surface area contributed by atoms with E-state index in [0.717, 1.165) is 0 Å². The van der Waals surface area contributed by atoms with Crippen molar-refractivity contribution in [1.82, 2.24) is 4.98 Å². The maximum absolute atomic E-state index is 10.3. The lowest BCUT2D eigenvalue weighted by Gasteiger charge is -1.91. The topological polar surface area (TPSA) is 42.0 Å². The first-order valence-electron chi connectivity index (χ1n) is 2.71. The molecule has 0 bridgehead atoms. The van der Waals surface area contributed by atoms with E-state index in [-0.39, 0.29) is 0 Å². The van der Waals surface area contributed by atoms with E-state index in [2.05, 4.69) is 16.2 Å². The Kier molecular flexibility index (Phi) is 2.29. The summed E-state index contributed by atoms with van der Waals surface area (Å²) in [6.07, 6.45) is 6.57. The molecule has 0 fully saturated rings. The number of rotatable bonds is 1. The van der Waals surface area contributed by atoms with Crippen LogP contribution in [0.2, 0.25) is 0 Å². The van der Waals surface area contributed by atoms with E-state index in [4.69, 9.17) is 14.3 Å². The minimum atomic E-state index is -0.636. The van der Waals surface area contributed by atoms with Crippen molar-refractivity contribution in [2.45, 2.75) is 0 Å². The van der Waals surface area contributed by atoms with E-state index in [0.29, 0.717) is 10.0 Å². The van der Waals surface area contributed by atoms with Crippen LogP contribution in [0.15, 0.2) is 6.20 Å². The van der Waals surface area contributed by atoms with E-state index in [9.17, 15) is 4.79 Å². The van der Waals surface area contributed by atoms with Gasteiger partial charge in [-0.05, 0) is 0 Å². The molecule has 3 nitrogen and oxygen atoms in total. The van der Waals surface area contributed by atoms with Gasteiger partial charge >= 0.3 is 0 Å². The fourth-order valence-electron chi connectivity index (χ4n) is 0.504. The van der Waals surface area contributed by atoms with E-state index in [1.807, 2.05) is 0 Å². The minimum absolute atomic E-state index is 0.422. The predicted molar refractivity (Wildman–Crippen MR) is 44.8 cm³/mol. The molecule has 0 saturated heterocycles. The van der Waals surface area contributed by atoms with Crippen molar-refractivity contribution in [1.29, 1.82) is 0 Å². The van der Waals surface area contributed by atoms with Gasteiger partial charge in [-0.1, -0.05) is 17.3 Å². The quantitative estimate of drug-likeness (QED) is 0.490. The summed E-state index contributed by atoms with van der Waals surface area (Å²) in [4.78, 5) is 14.7. The molecular weight excluding hydrogens is 159 g/mol. The molecule has 0 aliphatic heterocycles. The van der Waals surface area contributed by atoms with Gasteiger partial charge in [0.2, 0.25) is 7.85 Å². The third kappa shape index (κ3) is 2.09. The van der Waals surface area contributed by atoms with Gasteiger partial charge in [0, 0.05) is 0 Å². The Bertz CT molecular complexity index is 315. The highest BCUT2D eigenvalue weighted by Crippen LogP contribution is 2.15. The van der Waals surface area contributed by atoms with Crippen molar-refractivity contribution < 1.29 is 4.79 Å². The molecule has 1 rings (SSSR count). The van der Waals surface area contributed by atoms with Crippen LogP contribution in [-0.2, 0) is 0 Å². The summed E-state index contributed by atoms with van der Waals surface area (Å²) in [5, 5.41) is 2.73. The lowest BCUT2D eigenvalue weighted by molar-refractivity contribution is 0.269. The smallest absolute Gasteiger partial charge is 0.201 e. The zero-order chi connectivity index (χ0) is 8.27. The molecule has 0 aromatic carbocycles. The molecule has 0 aliphatic rings. The third-order valence-electron chi connectivity index (χ3n) is 0.878. The SMILES string of the molecule is [B]C(=O)Nc1ncc(C#C)s1. The maximum atomic E-state index is 10.3. The molecule has 5 heteroatoms. The first-order valence-corrected chi connectivity index (χ1v) is 3.53. The van der Waals surface area contributed by atoms with Crippen LogP contribution < -0.4 is 5.32 Å². The van der Waals surface area contributed by atoms with Crippen LogP contribution in [-0.4, -0.2) is 18.6 Å². The number of aromatic nitrogens is 1. The first kappa shape index (κ1) is 7.83. The van der Waals surface area contributed by atoms with Gasteiger partial charge in [-0.15, -0.1) is 6.42 Å². The van der Waals surface area contributed by atoms with Gasteiger partial charge in [0.25, 0.3) is 0 Å². The second-order valence-electron chi connectivity index (χ2n) is 1.66. The van der Waals surface area contributed by atoms with E-state index in [1.54, 1.807) is 0 Å². The van der Waals surface area contributed by atoms with Crippen LogP contribution in [0.4, 0.5) is 9.93 Å². The van der Waals surface area contributed by atoms with Crippen LogP contribution in [0.5, 0.6) is 0 Å². The van der Waals surface area contributed by atoms with Crippen molar-refractivity contribution >= 4 is 30.1 Å². The normalized spacial score (nSPS) is 8.64. The molecule has 52 valence electrons. The molecule has 1 aromatic rings. The lowest BCUT2D eigenvalue weighted by atomic mass is 10.1. The zero-order valence-corrected chi connectivity index (χ0v) is 6.31. The summed E-state index contributed by atoms with van der Waals surface area (Å²) in [5.74, 6) is 1.75. The van der Waals surface area contributed by atoms with Crippen LogP contribution in [0.3, 0.4) is 0 Å². The molecule has 0 unspecified atom stereocenters. The maximum Gasteiger partial charge on any atom is 0.201 e. The fourth-order valence-corrected chi connectivity index (χ4v) is 1.13. The Hall–Kier alpha value is -1.28. The molecule has 1 heterocycles. The second-order valence-corrected chi connectivity index (χ2v) is 2.69. The number of carbonyl (C=O) groups is 1. The Morgan fingerprint density at radius 1 is 1.91 bits per heavy atom. The molecule has 2 radical (unpaired) electrons. The van der Waals surface area contributed by atoms with Gasteiger partial charge < -0.3 is 5.32 Å². The predicted octanol–water partition coefficient (Wildman–Crippen LogP) is 0.825. The van der Waals surface area contributed by atoms with Crippen molar-refractivity contribution in [3.63, 3.8) is 0 Å². The summed E-state index contributed by atoms with van der Waals surface area (Å²) in [6.45, 7) is 0. The lowest BCUT2D eigenvalue weighted by Crippen LogP contribution is -2.07. The number of anilines is 1. The van der Waals surface area contributed by atoms with Gasteiger partial charge in [-0.2, -0.15) is 0 Å². The molecular formula is C6H3BN2OS. The fraction of sp³-hybridized carbons (Fsp3) is 0. The summed E-state index contributed by atoms with van der Waals surface area (Å²) >= 11 is 1.20. The highest BCUT2D eigenvalue weighted by Gasteiger charge is 1.99. The summed E-state index contributed by atoms with van der Waals surface area (Å²) in [5.41, 5.74) is 0. The summed E-state index contributed by atoms with van der Waals surface area (Å²) in [6, 6.07) is 0. The Morgan fingerprint density at radius 3 is 3.09 bits per heavy atom. The zero-order valence-electron chi connectivity index (χ0n) is 5.50. The molecule has 0 spiro atoms. The van der Waals surface area contributed by atoms with Gasteiger partial charge in [-0.25, -0.2) is 4.98 Å². The molecule has 1 aromatic heterocycles. The van der Waals surface area contributed by atoms with Gasteiger partial charge in [0.05, 0.1) is 11.1 Å². The average Bonchev–Trinajstić information content (AvgIpc) is 2.34.